The summed E-state index contributed by atoms with van der Waals surface area (Å²) < 4.78 is 39.2. The molecule has 1 aromatic carbocycles. The molecule has 0 saturated heterocycles. The van der Waals surface area contributed by atoms with Gasteiger partial charge >= 0.3 is 5.69 Å². The average Bonchev–Trinajstić information content (AvgIpc) is 2.37. The Balaban J connectivity index is 3.16. The zero-order chi connectivity index (χ0) is 15.5. The SMILES string of the molecule is CSCC(C)N(C)S(=O)(=O)c1ccc([N+](=O)[O-])c(F)c1. The second kappa shape index (κ2) is 6.51. The van der Waals surface area contributed by atoms with E-state index in [1.807, 2.05) is 6.26 Å². The topological polar surface area (TPSA) is 80.5 Å². The molecule has 0 spiro atoms. The molecule has 0 aliphatic rings. The molecule has 0 radical (unpaired) electrons. The first-order valence-electron chi connectivity index (χ1n) is 5.62. The fraction of sp³-hybridized carbons (Fsp3) is 0.455. The van der Waals surface area contributed by atoms with Crippen LogP contribution in [0.5, 0.6) is 0 Å². The molecule has 9 heteroatoms. The van der Waals surface area contributed by atoms with Gasteiger partial charge in [-0.05, 0) is 19.2 Å². The van der Waals surface area contributed by atoms with E-state index in [1.165, 1.54) is 18.8 Å². The minimum absolute atomic E-state index is 0.270. The number of halogens is 1. The van der Waals surface area contributed by atoms with Crippen LogP contribution in [-0.2, 0) is 10.0 Å². The summed E-state index contributed by atoms with van der Waals surface area (Å²) in [6, 6.07) is 2.30. The van der Waals surface area contributed by atoms with Crippen LogP contribution in [-0.4, -0.2) is 42.7 Å². The maximum atomic E-state index is 13.5. The molecule has 20 heavy (non-hydrogen) atoms. The van der Waals surface area contributed by atoms with Crippen molar-refractivity contribution >= 4 is 27.5 Å². The average molecular weight is 322 g/mol. The van der Waals surface area contributed by atoms with Crippen LogP contribution in [0.1, 0.15) is 6.92 Å². The fourth-order valence-electron chi connectivity index (χ4n) is 1.55. The van der Waals surface area contributed by atoms with Gasteiger partial charge in [-0.25, -0.2) is 8.42 Å². The normalized spacial score (nSPS) is 13.4. The highest BCUT2D eigenvalue weighted by atomic mass is 32.2. The van der Waals surface area contributed by atoms with Crippen LogP contribution in [0.15, 0.2) is 23.1 Å². The van der Waals surface area contributed by atoms with Gasteiger partial charge in [-0.2, -0.15) is 20.5 Å². The summed E-state index contributed by atoms with van der Waals surface area (Å²) in [6.45, 7) is 1.73. The summed E-state index contributed by atoms with van der Waals surface area (Å²) in [5, 5.41) is 10.5. The molecular formula is C11H15FN2O4S2. The van der Waals surface area contributed by atoms with Gasteiger partial charge in [0, 0.05) is 31.0 Å². The highest BCUT2D eigenvalue weighted by molar-refractivity contribution is 7.98. The van der Waals surface area contributed by atoms with Crippen LogP contribution in [0.25, 0.3) is 0 Å². The minimum atomic E-state index is -3.87. The number of hydrogen-bond acceptors (Lipinski definition) is 5. The number of thioether (sulfide) groups is 1. The highest BCUT2D eigenvalue weighted by Gasteiger charge is 2.27. The van der Waals surface area contributed by atoms with Crippen LogP contribution in [0.3, 0.4) is 0 Å². The van der Waals surface area contributed by atoms with E-state index in [-0.39, 0.29) is 10.9 Å². The molecular weight excluding hydrogens is 307 g/mol. The summed E-state index contributed by atoms with van der Waals surface area (Å²) in [4.78, 5) is 9.32. The Morgan fingerprint density at radius 1 is 1.50 bits per heavy atom. The van der Waals surface area contributed by atoms with E-state index in [9.17, 15) is 22.9 Å². The molecule has 1 aromatic rings. The molecule has 0 aromatic heterocycles. The van der Waals surface area contributed by atoms with E-state index < -0.39 is 26.5 Å². The molecule has 0 N–H and O–H groups in total. The summed E-state index contributed by atoms with van der Waals surface area (Å²) >= 11 is 1.49. The van der Waals surface area contributed by atoms with Crippen LogP contribution >= 0.6 is 11.8 Å². The molecule has 1 rings (SSSR count). The highest BCUT2D eigenvalue weighted by Crippen LogP contribution is 2.24. The zero-order valence-corrected chi connectivity index (χ0v) is 12.9. The van der Waals surface area contributed by atoms with Crippen molar-refractivity contribution in [1.29, 1.82) is 0 Å². The third-order valence-corrected chi connectivity index (χ3v) is 5.60. The fourth-order valence-corrected chi connectivity index (χ4v) is 3.72. The van der Waals surface area contributed by atoms with Gasteiger partial charge in [0.15, 0.2) is 0 Å². The van der Waals surface area contributed by atoms with Gasteiger partial charge in [-0.15, -0.1) is 0 Å². The number of rotatable bonds is 6. The lowest BCUT2D eigenvalue weighted by Gasteiger charge is -2.23. The maximum Gasteiger partial charge on any atom is 0.304 e. The van der Waals surface area contributed by atoms with E-state index in [2.05, 4.69) is 0 Å². The molecule has 0 heterocycles. The van der Waals surface area contributed by atoms with Crippen molar-refractivity contribution in [3.63, 3.8) is 0 Å². The summed E-state index contributed by atoms with van der Waals surface area (Å²) in [6.07, 6.45) is 1.85. The van der Waals surface area contributed by atoms with E-state index in [0.29, 0.717) is 11.8 Å². The maximum absolute atomic E-state index is 13.5. The van der Waals surface area contributed by atoms with Crippen molar-refractivity contribution in [2.45, 2.75) is 17.9 Å². The monoisotopic (exact) mass is 322 g/mol. The summed E-state index contributed by atoms with van der Waals surface area (Å²) in [5.41, 5.74) is -0.747. The van der Waals surface area contributed by atoms with Crippen molar-refractivity contribution in [3.8, 4) is 0 Å². The summed E-state index contributed by atoms with van der Waals surface area (Å²) in [5.74, 6) is -0.576. The smallest absolute Gasteiger partial charge is 0.258 e. The van der Waals surface area contributed by atoms with E-state index in [0.717, 1.165) is 16.4 Å². The van der Waals surface area contributed by atoms with Gasteiger partial charge in [0.1, 0.15) is 0 Å². The predicted molar refractivity (Wildman–Crippen MR) is 75.8 cm³/mol. The number of sulfonamides is 1. The van der Waals surface area contributed by atoms with Crippen molar-refractivity contribution in [2.24, 2.45) is 0 Å². The first-order chi connectivity index (χ1) is 9.21. The lowest BCUT2D eigenvalue weighted by atomic mass is 10.3. The Labute approximate surface area is 121 Å². The first kappa shape index (κ1) is 16.9. The molecule has 112 valence electrons. The molecule has 0 bridgehead atoms. The van der Waals surface area contributed by atoms with Gasteiger partial charge in [0.05, 0.1) is 9.82 Å². The van der Waals surface area contributed by atoms with E-state index in [1.54, 1.807) is 6.92 Å². The number of nitro benzene ring substituents is 1. The third kappa shape index (κ3) is 3.47. The second-order valence-electron chi connectivity index (χ2n) is 4.20. The Hall–Kier alpha value is -1.19. The van der Waals surface area contributed by atoms with Crippen molar-refractivity contribution in [2.75, 3.05) is 19.1 Å². The molecule has 0 amide bonds. The first-order valence-corrected chi connectivity index (χ1v) is 8.46. The molecule has 0 saturated carbocycles. The largest absolute Gasteiger partial charge is 0.304 e. The van der Waals surface area contributed by atoms with Gasteiger partial charge < -0.3 is 0 Å². The number of hydrogen-bond donors (Lipinski definition) is 0. The second-order valence-corrected chi connectivity index (χ2v) is 7.10. The van der Waals surface area contributed by atoms with Crippen LogP contribution in [0.4, 0.5) is 10.1 Å². The Morgan fingerprint density at radius 2 is 2.10 bits per heavy atom. The third-order valence-electron chi connectivity index (χ3n) is 2.82. The van der Waals surface area contributed by atoms with Crippen LogP contribution < -0.4 is 0 Å². The van der Waals surface area contributed by atoms with Gasteiger partial charge in [0.25, 0.3) is 0 Å². The Morgan fingerprint density at radius 3 is 2.55 bits per heavy atom. The predicted octanol–water partition coefficient (Wildman–Crippen LogP) is 2.11. The standard InChI is InChI=1S/C11H15FN2O4S2/c1-8(7-19-3)13(2)20(17,18)9-4-5-11(14(15)16)10(12)6-9/h4-6,8H,7H2,1-3H3. The molecule has 0 aliphatic heterocycles. The van der Waals surface area contributed by atoms with Crippen LogP contribution in [0.2, 0.25) is 0 Å². The van der Waals surface area contributed by atoms with Gasteiger partial charge in [-0.1, -0.05) is 0 Å². The van der Waals surface area contributed by atoms with Crippen molar-refractivity contribution in [1.82, 2.24) is 4.31 Å². The Bertz CT molecular complexity index is 606. The molecule has 6 nitrogen and oxygen atoms in total. The quantitative estimate of drug-likeness (QED) is 0.592. The molecule has 0 aliphatic carbocycles. The van der Waals surface area contributed by atoms with Gasteiger partial charge in [0.2, 0.25) is 15.8 Å². The van der Waals surface area contributed by atoms with Crippen LogP contribution in [0, 0.1) is 15.9 Å². The molecule has 1 atom stereocenters. The van der Waals surface area contributed by atoms with Crippen molar-refractivity contribution in [3.05, 3.63) is 34.1 Å². The van der Waals surface area contributed by atoms with E-state index >= 15 is 0 Å². The van der Waals surface area contributed by atoms with Gasteiger partial charge in [-0.3, -0.25) is 10.1 Å². The Kier molecular flexibility index (Phi) is 5.49. The number of nitro groups is 1. The zero-order valence-electron chi connectivity index (χ0n) is 11.2. The summed E-state index contributed by atoms with van der Waals surface area (Å²) in [7, 11) is -2.47. The van der Waals surface area contributed by atoms with E-state index in [4.69, 9.17) is 0 Å². The molecule has 0 fully saturated rings. The number of nitrogens with zero attached hydrogens (tertiary/aromatic N) is 2. The molecule has 1 unspecified atom stereocenters. The lowest BCUT2D eigenvalue weighted by Crippen LogP contribution is -2.36. The minimum Gasteiger partial charge on any atom is -0.258 e. The lowest BCUT2D eigenvalue weighted by molar-refractivity contribution is -0.387. The number of benzene rings is 1. The van der Waals surface area contributed by atoms with Crippen molar-refractivity contribution < 1.29 is 17.7 Å².